The fraction of sp³-hybridized carbons (Fsp3) is 0.556. The molecule has 4 heteroatoms. The zero-order valence-corrected chi connectivity index (χ0v) is 7.40. The highest BCUT2D eigenvalue weighted by molar-refractivity contribution is 5.06. The monoisotopic (exact) mass is 182 g/mol. The van der Waals surface area contributed by atoms with Crippen molar-refractivity contribution in [1.29, 1.82) is 0 Å². The highest BCUT2D eigenvalue weighted by atomic mass is 16.5. The molecule has 0 spiro atoms. The molecule has 1 fully saturated rings. The maximum absolute atomic E-state index is 5.48. The lowest BCUT2D eigenvalue weighted by molar-refractivity contribution is 0.173. The predicted molar refractivity (Wildman–Crippen MR) is 47.7 cm³/mol. The molecule has 2 atom stereocenters. The van der Waals surface area contributed by atoms with Crippen LogP contribution in [0.2, 0.25) is 0 Å². The predicted octanol–water partition coefficient (Wildman–Crippen LogP) is 0.820. The normalized spacial score (nSPS) is 24.8. The molecule has 3 N–H and O–H groups in total. The van der Waals surface area contributed by atoms with Crippen molar-refractivity contribution >= 4 is 0 Å². The van der Waals surface area contributed by atoms with Gasteiger partial charge in [-0.25, -0.2) is 5.43 Å². The second-order valence-electron chi connectivity index (χ2n) is 3.28. The van der Waals surface area contributed by atoms with Gasteiger partial charge in [-0.15, -0.1) is 0 Å². The van der Waals surface area contributed by atoms with E-state index < -0.39 is 0 Å². The quantitative estimate of drug-likeness (QED) is 0.536. The van der Waals surface area contributed by atoms with Gasteiger partial charge in [-0.05, 0) is 18.6 Å². The summed E-state index contributed by atoms with van der Waals surface area (Å²) in [5.41, 5.74) is 2.77. The molecule has 1 aromatic heterocycles. The first-order valence-corrected chi connectivity index (χ1v) is 4.49. The number of hydrazine groups is 1. The van der Waals surface area contributed by atoms with Crippen molar-refractivity contribution in [3.05, 3.63) is 24.2 Å². The van der Waals surface area contributed by atoms with Crippen LogP contribution in [0.15, 0.2) is 22.8 Å². The van der Waals surface area contributed by atoms with Gasteiger partial charge in [0.2, 0.25) is 0 Å². The van der Waals surface area contributed by atoms with E-state index in [0.717, 1.165) is 25.4 Å². The van der Waals surface area contributed by atoms with E-state index in [4.69, 9.17) is 15.0 Å². The number of nitrogens with two attached hydrogens (primary N) is 1. The molecule has 2 rings (SSSR count). The molecule has 1 aliphatic rings. The van der Waals surface area contributed by atoms with Crippen LogP contribution in [0.4, 0.5) is 0 Å². The Hall–Kier alpha value is -0.840. The molecule has 0 saturated carbocycles. The molecule has 4 nitrogen and oxygen atoms in total. The lowest BCUT2D eigenvalue weighted by Gasteiger charge is -2.18. The van der Waals surface area contributed by atoms with Crippen LogP contribution in [0.25, 0.3) is 0 Å². The third-order valence-corrected chi connectivity index (χ3v) is 2.47. The largest absolute Gasteiger partial charge is 0.468 e. The van der Waals surface area contributed by atoms with Crippen LogP contribution in [0.5, 0.6) is 0 Å². The summed E-state index contributed by atoms with van der Waals surface area (Å²) in [6.07, 6.45) is 2.70. The van der Waals surface area contributed by atoms with Crippen LogP contribution >= 0.6 is 0 Å². The number of furan rings is 1. The molecule has 0 radical (unpaired) electrons. The Morgan fingerprint density at radius 3 is 3.08 bits per heavy atom. The summed E-state index contributed by atoms with van der Waals surface area (Å²) in [4.78, 5) is 0. The smallest absolute Gasteiger partial charge is 0.122 e. The van der Waals surface area contributed by atoms with E-state index in [1.54, 1.807) is 6.26 Å². The highest BCUT2D eigenvalue weighted by Gasteiger charge is 2.27. The van der Waals surface area contributed by atoms with Gasteiger partial charge in [0, 0.05) is 12.5 Å². The molecule has 0 bridgehead atoms. The number of hydrogen-bond acceptors (Lipinski definition) is 4. The lowest BCUT2D eigenvalue weighted by atomic mass is 9.98. The summed E-state index contributed by atoms with van der Waals surface area (Å²) >= 11 is 0. The van der Waals surface area contributed by atoms with E-state index in [2.05, 4.69) is 5.43 Å². The van der Waals surface area contributed by atoms with Gasteiger partial charge in [-0.1, -0.05) is 0 Å². The molecule has 1 aliphatic heterocycles. The minimum Gasteiger partial charge on any atom is -0.468 e. The number of hydrogen-bond donors (Lipinski definition) is 2. The van der Waals surface area contributed by atoms with E-state index in [1.165, 1.54) is 0 Å². The maximum Gasteiger partial charge on any atom is 0.122 e. The fourth-order valence-electron chi connectivity index (χ4n) is 1.73. The minimum absolute atomic E-state index is 0.0810. The molecule has 72 valence electrons. The second kappa shape index (κ2) is 3.91. The number of nitrogens with one attached hydrogen (secondary N) is 1. The molecule has 2 unspecified atom stereocenters. The van der Waals surface area contributed by atoms with Gasteiger partial charge in [-0.2, -0.15) is 0 Å². The van der Waals surface area contributed by atoms with Gasteiger partial charge in [0.15, 0.2) is 0 Å². The average Bonchev–Trinajstić information content (AvgIpc) is 2.76. The highest BCUT2D eigenvalue weighted by Crippen LogP contribution is 2.28. The molecule has 13 heavy (non-hydrogen) atoms. The zero-order valence-electron chi connectivity index (χ0n) is 7.40. The van der Waals surface area contributed by atoms with E-state index >= 15 is 0 Å². The molecule has 0 aliphatic carbocycles. The van der Waals surface area contributed by atoms with Crippen LogP contribution < -0.4 is 11.3 Å². The Balaban J connectivity index is 2.08. The second-order valence-corrected chi connectivity index (χ2v) is 3.28. The third-order valence-electron chi connectivity index (χ3n) is 2.47. The van der Waals surface area contributed by atoms with Crippen LogP contribution in [0.1, 0.15) is 18.2 Å². The van der Waals surface area contributed by atoms with Gasteiger partial charge >= 0.3 is 0 Å². The summed E-state index contributed by atoms with van der Waals surface area (Å²) in [6.45, 7) is 1.58. The Kier molecular flexibility index (Phi) is 2.63. The lowest BCUT2D eigenvalue weighted by Crippen LogP contribution is -2.33. The Morgan fingerprint density at radius 1 is 1.62 bits per heavy atom. The Morgan fingerprint density at radius 2 is 2.54 bits per heavy atom. The van der Waals surface area contributed by atoms with E-state index in [9.17, 15) is 0 Å². The van der Waals surface area contributed by atoms with Crippen molar-refractivity contribution in [1.82, 2.24) is 5.43 Å². The molecule has 1 aromatic rings. The minimum atomic E-state index is 0.0810. The number of rotatable bonds is 3. The summed E-state index contributed by atoms with van der Waals surface area (Å²) in [5, 5.41) is 0. The summed E-state index contributed by atoms with van der Waals surface area (Å²) in [7, 11) is 0. The van der Waals surface area contributed by atoms with E-state index in [-0.39, 0.29) is 6.04 Å². The van der Waals surface area contributed by atoms with Gasteiger partial charge in [-0.3, -0.25) is 5.84 Å². The van der Waals surface area contributed by atoms with Crippen molar-refractivity contribution in [3.8, 4) is 0 Å². The van der Waals surface area contributed by atoms with E-state index in [0.29, 0.717) is 5.92 Å². The third kappa shape index (κ3) is 1.75. The van der Waals surface area contributed by atoms with Crippen LogP contribution in [0.3, 0.4) is 0 Å². The Labute approximate surface area is 77.0 Å². The topological polar surface area (TPSA) is 60.4 Å². The van der Waals surface area contributed by atoms with Crippen molar-refractivity contribution < 1.29 is 9.15 Å². The summed E-state index contributed by atoms with van der Waals surface area (Å²) in [5.74, 6) is 6.79. The first-order chi connectivity index (χ1) is 6.42. The van der Waals surface area contributed by atoms with Crippen LogP contribution in [0, 0.1) is 5.92 Å². The average molecular weight is 182 g/mol. The van der Waals surface area contributed by atoms with Gasteiger partial charge in [0.05, 0.1) is 18.9 Å². The standard InChI is InChI=1S/C9H14N2O2/c10-11-9(7-3-5-12-6-7)8-2-1-4-13-8/h1-2,4,7,9,11H,3,5-6,10H2. The van der Waals surface area contributed by atoms with Crippen LogP contribution in [-0.2, 0) is 4.74 Å². The Bertz CT molecular complexity index is 242. The molecular weight excluding hydrogens is 168 g/mol. The van der Waals surface area contributed by atoms with E-state index in [1.807, 2.05) is 12.1 Å². The van der Waals surface area contributed by atoms with Crippen molar-refractivity contribution in [3.63, 3.8) is 0 Å². The molecule has 0 aromatic carbocycles. The van der Waals surface area contributed by atoms with Gasteiger partial charge in [0.1, 0.15) is 5.76 Å². The van der Waals surface area contributed by atoms with Crippen molar-refractivity contribution in [2.45, 2.75) is 12.5 Å². The van der Waals surface area contributed by atoms with Gasteiger partial charge in [0.25, 0.3) is 0 Å². The van der Waals surface area contributed by atoms with Gasteiger partial charge < -0.3 is 9.15 Å². The maximum atomic E-state index is 5.48. The van der Waals surface area contributed by atoms with Crippen LogP contribution in [-0.4, -0.2) is 13.2 Å². The summed E-state index contributed by atoms with van der Waals surface area (Å²) < 4.78 is 10.6. The summed E-state index contributed by atoms with van der Waals surface area (Å²) in [6, 6.07) is 3.88. The molecule has 0 amide bonds. The number of ether oxygens (including phenoxy) is 1. The van der Waals surface area contributed by atoms with Crippen molar-refractivity contribution in [2.24, 2.45) is 11.8 Å². The molecular formula is C9H14N2O2. The molecule has 2 heterocycles. The van der Waals surface area contributed by atoms with Crippen molar-refractivity contribution in [2.75, 3.05) is 13.2 Å². The molecule has 1 saturated heterocycles. The fourth-order valence-corrected chi connectivity index (χ4v) is 1.73. The first kappa shape index (κ1) is 8.74. The SMILES string of the molecule is NNC(c1ccco1)C1CCOC1. The first-order valence-electron chi connectivity index (χ1n) is 4.49. The zero-order chi connectivity index (χ0) is 9.10.